The Balaban J connectivity index is 2.36. The van der Waals surface area contributed by atoms with Crippen LogP contribution in [0.5, 0.6) is 0 Å². The molecule has 0 aromatic heterocycles. The van der Waals surface area contributed by atoms with Gasteiger partial charge >= 0.3 is 0 Å². The zero-order chi connectivity index (χ0) is 20.2. The molecular formula is C19H22ClFN2O3S. The van der Waals surface area contributed by atoms with Crippen LogP contribution in [0.4, 0.5) is 10.1 Å². The average Bonchev–Trinajstić information content (AvgIpc) is 2.61. The Labute approximate surface area is 164 Å². The minimum atomic E-state index is -3.81. The van der Waals surface area contributed by atoms with E-state index in [4.69, 9.17) is 11.6 Å². The normalized spacial score (nSPS) is 12.5. The third-order valence-electron chi connectivity index (χ3n) is 4.11. The molecule has 0 unspecified atom stereocenters. The maximum absolute atomic E-state index is 13.5. The number of anilines is 1. The first kappa shape index (κ1) is 21.2. The number of hydrogen-bond donors (Lipinski definition) is 0. The quantitative estimate of drug-likeness (QED) is 0.697. The number of halogens is 2. The van der Waals surface area contributed by atoms with Crippen molar-refractivity contribution in [3.8, 4) is 0 Å². The van der Waals surface area contributed by atoms with Crippen molar-refractivity contribution >= 4 is 33.2 Å². The maximum Gasteiger partial charge on any atom is 0.246 e. The van der Waals surface area contributed by atoms with Crippen molar-refractivity contribution < 1.29 is 17.6 Å². The van der Waals surface area contributed by atoms with Gasteiger partial charge in [-0.3, -0.25) is 9.10 Å². The number of rotatable bonds is 7. The van der Waals surface area contributed by atoms with Crippen LogP contribution in [0.1, 0.15) is 18.9 Å². The third-order valence-corrected chi connectivity index (χ3v) is 5.58. The van der Waals surface area contributed by atoms with Crippen molar-refractivity contribution in [2.45, 2.75) is 25.9 Å². The van der Waals surface area contributed by atoms with Gasteiger partial charge in [-0.25, -0.2) is 12.8 Å². The van der Waals surface area contributed by atoms with E-state index in [1.54, 1.807) is 14.0 Å². The second-order valence-corrected chi connectivity index (χ2v) is 8.53. The fourth-order valence-electron chi connectivity index (χ4n) is 2.86. The lowest BCUT2D eigenvalue weighted by molar-refractivity contribution is -0.131. The molecule has 0 aliphatic rings. The van der Waals surface area contributed by atoms with Gasteiger partial charge in [0.25, 0.3) is 0 Å². The van der Waals surface area contributed by atoms with Crippen molar-refractivity contribution in [1.82, 2.24) is 4.90 Å². The number of hydrogen-bond acceptors (Lipinski definition) is 3. The van der Waals surface area contributed by atoms with Crippen molar-refractivity contribution in [2.75, 3.05) is 17.6 Å². The summed E-state index contributed by atoms with van der Waals surface area (Å²) in [4.78, 5) is 14.5. The van der Waals surface area contributed by atoms with Gasteiger partial charge in [-0.15, -0.1) is 0 Å². The van der Waals surface area contributed by atoms with E-state index in [1.807, 2.05) is 30.3 Å². The number of nitrogens with zero attached hydrogens (tertiary/aromatic N) is 2. The van der Waals surface area contributed by atoms with E-state index in [0.29, 0.717) is 6.54 Å². The summed E-state index contributed by atoms with van der Waals surface area (Å²) in [6, 6.07) is 12.0. The molecule has 0 spiro atoms. The van der Waals surface area contributed by atoms with Crippen LogP contribution in [-0.4, -0.2) is 38.6 Å². The molecule has 0 bridgehead atoms. The highest BCUT2D eigenvalue weighted by molar-refractivity contribution is 7.92. The number of likely N-dealkylation sites (N-methyl/N-ethyl adjacent to an activating group) is 1. The molecule has 0 saturated heterocycles. The van der Waals surface area contributed by atoms with Crippen LogP contribution in [0.25, 0.3) is 0 Å². The molecule has 0 saturated carbocycles. The lowest BCUT2D eigenvalue weighted by Gasteiger charge is -2.33. The van der Waals surface area contributed by atoms with Crippen LogP contribution >= 0.6 is 11.6 Å². The van der Waals surface area contributed by atoms with Gasteiger partial charge in [0, 0.05) is 13.6 Å². The Hall–Kier alpha value is -2.12. The summed E-state index contributed by atoms with van der Waals surface area (Å²) < 4.78 is 39.4. The van der Waals surface area contributed by atoms with Gasteiger partial charge < -0.3 is 4.90 Å². The van der Waals surface area contributed by atoms with Crippen LogP contribution in [0.2, 0.25) is 5.02 Å². The Kier molecular flexibility index (Phi) is 6.84. The number of carbonyl (C=O) groups excluding carboxylic acids is 1. The third kappa shape index (κ3) is 5.20. The Morgan fingerprint density at radius 1 is 1.19 bits per heavy atom. The van der Waals surface area contributed by atoms with E-state index in [-0.39, 0.29) is 23.0 Å². The number of sulfonamides is 1. The van der Waals surface area contributed by atoms with Gasteiger partial charge in [-0.2, -0.15) is 0 Å². The number of amides is 1. The second kappa shape index (κ2) is 8.71. The fraction of sp³-hybridized carbons (Fsp3) is 0.316. The largest absolute Gasteiger partial charge is 0.340 e. The van der Waals surface area contributed by atoms with Gasteiger partial charge in [0.05, 0.1) is 17.0 Å². The van der Waals surface area contributed by atoms with Gasteiger partial charge in [-0.05, 0) is 30.2 Å². The standard InChI is InChI=1S/C19H22ClFN2O3S/c1-4-18(19(24)22(2)13-14-8-6-5-7-9-14)23(27(3,25)26)15-10-11-17(21)16(20)12-15/h5-12,18H,4,13H2,1-3H3/t18-/m0/s1. The molecule has 0 aliphatic heterocycles. The van der Waals surface area contributed by atoms with Crippen LogP contribution in [0.3, 0.4) is 0 Å². The van der Waals surface area contributed by atoms with Crippen LogP contribution in [-0.2, 0) is 21.4 Å². The highest BCUT2D eigenvalue weighted by Gasteiger charge is 2.33. The summed E-state index contributed by atoms with van der Waals surface area (Å²) in [7, 11) is -2.18. The van der Waals surface area contributed by atoms with E-state index in [0.717, 1.165) is 22.2 Å². The minimum absolute atomic E-state index is 0.150. The molecule has 0 aliphatic carbocycles. The summed E-state index contributed by atoms with van der Waals surface area (Å²) in [5, 5.41) is -0.207. The Morgan fingerprint density at radius 3 is 2.33 bits per heavy atom. The van der Waals surface area contributed by atoms with Crippen LogP contribution in [0.15, 0.2) is 48.5 Å². The second-order valence-electron chi connectivity index (χ2n) is 6.26. The molecule has 8 heteroatoms. The predicted molar refractivity (Wildman–Crippen MR) is 106 cm³/mol. The van der Waals surface area contributed by atoms with Gasteiger partial charge in [0.15, 0.2) is 0 Å². The van der Waals surface area contributed by atoms with Gasteiger partial charge in [0.2, 0.25) is 15.9 Å². The molecule has 27 heavy (non-hydrogen) atoms. The maximum atomic E-state index is 13.5. The monoisotopic (exact) mass is 412 g/mol. The van der Waals surface area contributed by atoms with Gasteiger partial charge in [0.1, 0.15) is 11.9 Å². The zero-order valence-corrected chi connectivity index (χ0v) is 17.0. The van der Waals surface area contributed by atoms with Gasteiger partial charge in [-0.1, -0.05) is 48.9 Å². The smallest absolute Gasteiger partial charge is 0.246 e. The minimum Gasteiger partial charge on any atom is -0.340 e. The van der Waals surface area contributed by atoms with E-state index in [9.17, 15) is 17.6 Å². The SMILES string of the molecule is CC[C@@H](C(=O)N(C)Cc1ccccc1)N(c1ccc(F)c(Cl)c1)S(C)(=O)=O. The molecular weight excluding hydrogens is 391 g/mol. The molecule has 0 N–H and O–H groups in total. The van der Waals surface area contributed by atoms with Crippen molar-refractivity contribution in [3.05, 3.63) is 64.9 Å². The van der Waals surface area contributed by atoms with Crippen molar-refractivity contribution in [3.63, 3.8) is 0 Å². The first-order valence-corrected chi connectivity index (χ1v) is 10.6. The van der Waals surface area contributed by atoms with E-state index in [1.165, 1.54) is 17.0 Å². The predicted octanol–water partition coefficient (Wildman–Crippen LogP) is 3.68. The topological polar surface area (TPSA) is 57.7 Å². The zero-order valence-electron chi connectivity index (χ0n) is 15.4. The van der Waals surface area contributed by atoms with E-state index in [2.05, 4.69) is 0 Å². The fourth-order valence-corrected chi connectivity index (χ4v) is 4.23. The Bertz CT molecular complexity index is 906. The molecule has 146 valence electrons. The highest BCUT2D eigenvalue weighted by Crippen LogP contribution is 2.28. The summed E-state index contributed by atoms with van der Waals surface area (Å²) >= 11 is 5.81. The first-order valence-electron chi connectivity index (χ1n) is 8.38. The number of benzene rings is 2. The average molecular weight is 413 g/mol. The van der Waals surface area contributed by atoms with E-state index >= 15 is 0 Å². The van der Waals surface area contributed by atoms with E-state index < -0.39 is 21.9 Å². The number of carbonyl (C=O) groups is 1. The lowest BCUT2D eigenvalue weighted by atomic mass is 10.1. The molecule has 2 aromatic carbocycles. The summed E-state index contributed by atoms with van der Waals surface area (Å²) in [5.41, 5.74) is 1.08. The first-order chi connectivity index (χ1) is 12.6. The van der Waals surface area contributed by atoms with Crippen molar-refractivity contribution in [2.24, 2.45) is 0 Å². The molecule has 1 amide bonds. The molecule has 0 heterocycles. The lowest BCUT2D eigenvalue weighted by Crippen LogP contribution is -2.49. The van der Waals surface area contributed by atoms with Crippen LogP contribution < -0.4 is 4.31 Å². The molecule has 0 radical (unpaired) electrons. The summed E-state index contributed by atoms with van der Waals surface area (Å²) in [6.07, 6.45) is 1.26. The van der Waals surface area contributed by atoms with Crippen LogP contribution in [0, 0.1) is 5.82 Å². The molecule has 2 rings (SSSR count). The molecule has 1 atom stereocenters. The summed E-state index contributed by atoms with van der Waals surface area (Å²) in [6.45, 7) is 2.07. The molecule has 5 nitrogen and oxygen atoms in total. The summed E-state index contributed by atoms with van der Waals surface area (Å²) in [5.74, 6) is -1.01. The molecule has 2 aromatic rings. The molecule has 0 fully saturated rings. The Morgan fingerprint density at radius 2 is 1.81 bits per heavy atom. The van der Waals surface area contributed by atoms with Crippen molar-refractivity contribution in [1.29, 1.82) is 0 Å². The highest BCUT2D eigenvalue weighted by atomic mass is 35.5.